The molecule has 0 aliphatic heterocycles. The van der Waals surface area contributed by atoms with E-state index in [-0.39, 0.29) is 5.56 Å². The zero-order valence-corrected chi connectivity index (χ0v) is 15.2. The minimum atomic E-state index is -0.702. The van der Waals surface area contributed by atoms with Crippen molar-refractivity contribution in [2.45, 2.75) is 13.0 Å². The predicted molar refractivity (Wildman–Crippen MR) is 101 cm³/mol. The molecule has 0 bridgehead atoms. The van der Waals surface area contributed by atoms with Crippen LogP contribution in [0, 0.1) is 11.6 Å². The van der Waals surface area contributed by atoms with E-state index < -0.39 is 23.6 Å². The van der Waals surface area contributed by atoms with Crippen LogP contribution in [0.1, 0.15) is 24.1 Å². The molecule has 1 N–H and O–H groups in total. The first kappa shape index (κ1) is 20.2. The first-order valence-corrected chi connectivity index (χ1v) is 8.30. The number of ether oxygens (including phenoxy) is 2. The van der Waals surface area contributed by atoms with E-state index in [1.165, 1.54) is 19.3 Å². The average Bonchev–Trinajstić information content (AvgIpc) is 2.64. The zero-order valence-electron chi connectivity index (χ0n) is 15.2. The minimum Gasteiger partial charge on any atom is -0.493 e. The van der Waals surface area contributed by atoms with Crippen molar-refractivity contribution in [3.8, 4) is 11.5 Å². The summed E-state index contributed by atoms with van der Waals surface area (Å²) in [6.07, 6.45) is 4.56. The lowest BCUT2D eigenvalue weighted by molar-refractivity contribution is -0.117. The number of amides is 1. The van der Waals surface area contributed by atoms with Crippen LogP contribution in [-0.4, -0.2) is 19.6 Å². The molecule has 0 aliphatic carbocycles. The van der Waals surface area contributed by atoms with Crippen LogP contribution in [-0.2, 0) is 4.79 Å². The lowest BCUT2D eigenvalue weighted by atomic mass is 10.1. The highest BCUT2D eigenvalue weighted by Crippen LogP contribution is 2.28. The van der Waals surface area contributed by atoms with Gasteiger partial charge in [-0.2, -0.15) is 0 Å². The SMILES string of the molecule is C=CCOc1ccc(/C=C/C(=O)NC(C)c2ccc(F)cc2F)cc1OC. The molecule has 0 saturated heterocycles. The number of halogens is 2. The van der Waals surface area contributed by atoms with Gasteiger partial charge in [0, 0.05) is 17.7 Å². The monoisotopic (exact) mass is 373 g/mol. The minimum absolute atomic E-state index is 0.212. The lowest BCUT2D eigenvalue weighted by Crippen LogP contribution is -2.25. The van der Waals surface area contributed by atoms with E-state index in [1.807, 2.05) is 0 Å². The Hall–Kier alpha value is -3.15. The third-order valence-corrected chi connectivity index (χ3v) is 3.76. The summed E-state index contributed by atoms with van der Waals surface area (Å²) in [5.74, 6) is -0.673. The van der Waals surface area contributed by atoms with Gasteiger partial charge in [-0.25, -0.2) is 8.78 Å². The molecule has 142 valence electrons. The van der Waals surface area contributed by atoms with E-state index >= 15 is 0 Å². The molecule has 0 spiro atoms. The Bertz CT molecular complexity index is 849. The molecule has 2 aromatic rings. The molecule has 0 saturated carbocycles. The number of hydrogen-bond acceptors (Lipinski definition) is 3. The van der Waals surface area contributed by atoms with Crippen LogP contribution in [0.2, 0.25) is 0 Å². The van der Waals surface area contributed by atoms with E-state index in [0.29, 0.717) is 18.1 Å². The molecule has 4 nitrogen and oxygen atoms in total. The number of rotatable bonds is 8. The Balaban J connectivity index is 2.04. The van der Waals surface area contributed by atoms with Crippen molar-refractivity contribution >= 4 is 12.0 Å². The Kier molecular flexibility index (Phi) is 7.11. The molecule has 6 heteroatoms. The predicted octanol–water partition coefficient (Wildman–Crippen LogP) is 4.43. The summed E-state index contributed by atoms with van der Waals surface area (Å²) in [6.45, 7) is 5.56. The highest BCUT2D eigenvalue weighted by molar-refractivity contribution is 5.92. The fourth-order valence-corrected chi connectivity index (χ4v) is 2.42. The van der Waals surface area contributed by atoms with Crippen molar-refractivity contribution in [1.29, 1.82) is 0 Å². The van der Waals surface area contributed by atoms with Crippen molar-refractivity contribution in [2.75, 3.05) is 13.7 Å². The van der Waals surface area contributed by atoms with Gasteiger partial charge in [0.1, 0.15) is 18.2 Å². The van der Waals surface area contributed by atoms with Gasteiger partial charge in [-0.15, -0.1) is 0 Å². The summed E-state index contributed by atoms with van der Waals surface area (Å²) in [7, 11) is 1.52. The smallest absolute Gasteiger partial charge is 0.244 e. The van der Waals surface area contributed by atoms with Crippen molar-refractivity contribution in [3.63, 3.8) is 0 Å². The highest BCUT2D eigenvalue weighted by Gasteiger charge is 2.13. The zero-order chi connectivity index (χ0) is 19.8. The quantitative estimate of drug-likeness (QED) is 0.550. The fraction of sp³-hybridized carbons (Fsp3) is 0.190. The number of benzene rings is 2. The maximum atomic E-state index is 13.8. The first-order chi connectivity index (χ1) is 12.9. The lowest BCUT2D eigenvalue weighted by Gasteiger charge is -2.14. The molecular weight excluding hydrogens is 352 g/mol. The Morgan fingerprint density at radius 1 is 1.22 bits per heavy atom. The standard InChI is InChI=1S/C21H21F2NO3/c1-4-11-27-19-9-5-15(12-20(19)26-3)6-10-21(25)24-14(2)17-8-7-16(22)13-18(17)23/h4-10,12-14H,1,11H2,2-3H3,(H,24,25)/b10-6+. The van der Waals surface area contributed by atoms with E-state index in [4.69, 9.17) is 9.47 Å². The topological polar surface area (TPSA) is 47.6 Å². The average molecular weight is 373 g/mol. The van der Waals surface area contributed by atoms with Crippen LogP contribution in [0.5, 0.6) is 11.5 Å². The van der Waals surface area contributed by atoms with Gasteiger partial charge in [0.25, 0.3) is 0 Å². The first-order valence-electron chi connectivity index (χ1n) is 8.30. The molecule has 1 amide bonds. The molecule has 1 unspecified atom stereocenters. The maximum absolute atomic E-state index is 13.8. The van der Waals surface area contributed by atoms with Gasteiger partial charge in [-0.05, 0) is 36.8 Å². The third-order valence-electron chi connectivity index (χ3n) is 3.76. The highest BCUT2D eigenvalue weighted by atomic mass is 19.1. The van der Waals surface area contributed by atoms with E-state index in [9.17, 15) is 13.6 Å². The summed E-state index contributed by atoms with van der Waals surface area (Å²) in [4.78, 5) is 12.1. The summed E-state index contributed by atoms with van der Waals surface area (Å²) in [5, 5.41) is 2.64. The van der Waals surface area contributed by atoms with Gasteiger partial charge in [0.2, 0.25) is 5.91 Å². The maximum Gasteiger partial charge on any atom is 0.244 e. The molecule has 1 atom stereocenters. The van der Waals surface area contributed by atoms with Gasteiger partial charge < -0.3 is 14.8 Å². The third kappa shape index (κ3) is 5.67. The molecule has 0 radical (unpaired) electrons. The molecule has 0 aromatic heterocycles. The molecule has 2 aromatic carbocycles. The molecular formula is C21H21F2NO3. The largest absolute Gasteiger partial charge is 0.493 e. The second-order valence-electron chi connectivity index (χ2n) is 5.74. The summed E-state index contributed by atoms with van der Waals surface area (Å²) < 4.78 is 37.5. The summed E-state index contributed by atoms with van der Waals surface area (Å²) in [5.41, 5.74) is 0.942. The number of nitrogens with one attached hydrogen (secondary N) is 1. The van der Waals surface area contributed by atoms with E-state index in [1.54, 1.807) is 37.3 Å². The van der Waals surface area contributed by atoms with Crippen molar-refractivity contribution in [1.82, 2.24) is 5.32 Å². The number of carbonyl (C=O) groups excluding carboxylic acids is 1. The second-order valence-corrected chi connectivity index (χ2v) is 5.74. The van der Waals surface area contributed by atoms with E-state index in [0.717, 1.165) is 17.7 Å². The number of carbonyl (C=O) groups is 1. The Morgan fingerprint density at radius 3 is 2.67 bits per heavy atom. The molecule has 0 heterocycles. The summed E-state index contributed by atoms with van der Waals surface area (Å²) in [6, 6.07) is 7.88. The van der Waals surface area contributed by atoms with Gasteiger partial charge >= 0.3 is 0 Å². The van der Waals surface area contributed by atoms with E-state index in [2.05, 4.69) is 11.9 Å². The normalized spacial score (nSPS) is 11.9. The van der Waals surface area contributed by atoms with Crippen LogP contribution in [0.25, 0.3) is 6.08 Å². The van der Waals surface area contributed by atoms with Crippen molar-refractivity contribution in [3.05, 3.63) is 77.9 Å². The van der Waals surface area contributed by atoms with Crippen LogP contribution >= 0.6 is 0 Å². The van der Waals surface area contributed by atoms with Gasteiger partial charge in [0.15, 0.2) is 11.5 Å². The van der Waals surface area contributed by atoms with Gasteiger partial charge in [-0.3, -0.25) is 4.79 Å². The van der Waals surface area contributed by atoms with Crippen LogP contribution in [0.15, 0.2) is 55.1 Å². The number of hydrogen-bond donors (Lipinski definition) is 1. The van der Waals surface area contributed by atoms with Gasteiger partial charge in [-0.1, -0.05) is 24.8 Å². The summed E-state index contributed by atoms with van der Waals surface area (Å²) >= 11 is 0. The fourth-order valence-electron chi connectivity index (χ4n) is 2.42. The van der Waals surface area contributed by atoms with Crippen LogP contribution in [0.4, 0.5) is 8.78 Å². The Labute approximate surface area is 157 Å². The van der Waals surface area contributed by atoms with Crippen molar-refractivity contribution < 1.29 is 23.0 Å². The molecule has 0 aliphatic rings. The van der Waals surface area contributed by atoms with Crippen LogP contribution < -0.4 is 14.8 Å². The molecule has 27 heavy (non-hydrogen) atoms. The van der Waals surface area contributed by atoms with Crippen LogP contribution in [0.3, 0.4) is 0 Å². The number of methoxy groups -OCH3 is 1. The van der Waals surface area contributed by atoms with Crippen molar-refractivity contribution in [2.24, 2.45) is 0 Å². The molecule has 0 fully saturated rings. The molecule has 2 rings (SSSR count). The van der Waals surface area contributed by atoms with Gasteiger partial charge in [0.05, 0.1) is 13.2 Å². The Morgan fingerprint density at radius 2 is 2.00 bits per heavy atom. The second kappa shape index (κ2) is 9.52.